The van der Waals surface area contributed by atoms with Crippen molar-refractivity contribution in [2.45, 2.75) is 0 Å². The number of carbonyl (C=O) groups is 1. The molecule has 0 atom stereocenters. The molecule has 0 aliphatic rings. The van der Waals surface area contributed by atoms with E-state index in [0.717, 1.165) is 22.6 Å². The summed E-state index contributed by atoms with van der Waals surface area (Å²) in [6, 6.07) is 17.2. The number of aromatic nitrogens is 4. The van der Waals surface area contributed by atoms with E-state index in [1.165, 1.54) is 6.07 Å². The monoisotopic (exact) mass is 448 g/mol. The summed E-state index contributed by atoms with van der Waals surface area (Å²) in [6.45, 7) is 0. The van der Waals surface area contributed by atoms with Gasteiger partial charge in [-0.3, -0.25) is 0 Å². The Bertz CT molecular complexity index is 1430. The van der Waals surface area contributed by atoms with Crippen molar-refractivity contribution in [2.75, 3.05) is 10.6 Å². The molecule has 2 aromatic carbocycles. The highest BCUT2D eigenvalue weighted by Crippen LogP contribution is 2.25. The average molecular weight is 448 g/mol. The highest BCUT2D eigenvalue weighted by Gasteiger charge is 2.12. The predicted molar refractivity (Wildman–Crippen MR) is 119 cm³/mol. The maximum absolute atomic E-state index is 13.3. The molecule has 32 heavy (non-hydrogen) atoms. The fourth-order valence-corrected chi connectivity index (χ4v) is 3.82. The van der Waals surface area contributed by atoms with Crippen LogP contribution in [0.3, 0.4) is 0 Å². The Morgan fingerprint density at radius 3 is 2.50 bits per heavy atom. The van der Waals surface area contributed by atoms with Crippen LogP contribution in [0.5, 0.6) is 0 Å². The van der Waals surface area contributed by atoms with Gasteiger partial charge in [-0.15, -0.1) is 21.5 Å². The van der Waals surface area contributed by atoms with Crippen molar-refractivity contribution in [1.29, 1.82) is 0 Å². The molecule has 5 aromatic rings. The lowest BCUT2D eigenvalue weighted by Crippen LogP contribution is -2.19. The third-order valence-corrected chi connectivity index (χ3v) is 5.46. The number of carbonyl (C=O) groups excluding carboxylic acids is 1. The van der Waals surface area contributed by atoms with Crippen LogP contribution in [-0.4, -0.2) is 25.8 Å². The van der Waals surface area contributed by atoms with E-state index in [2.05, 4.69) is 25.9 Å². The summed E-state index contributed by atoms with van der Waals surface area (Å²) in [5.41, 5.74) is 2.70. The molecule has 0 fully saturated rings. The molecule has 0 aliphatic carbocycles. The number of thiophene rings is 1. The number of rotatable bonds is 4. The zero-order valence-corrected chi connectivity index (χ0v) is 17.1. The van der Waals surface area contributed by atoms with Crippen molar-refractivity contribution in [3.05, 3.63) is 83.7 Å². The molecule has 2 amide bonds. The van der Waals surface area contributed by atoms with Gasteiger partial charge in [0.15, 0.2) is 23.1 Å². The molecule has 0 radical (unpaired) electrons. The zero-order valence-electron chi connectivity index (χ0n) is 16.3. The summed E-state index contributed by atoms with van der Waals surface area (Å²) in [5, 5.41) is 20.2. The maximum atomic E-state index is 13.3. The molecule has 5 rings (SSSR count). The lowest BCUT2D eigenvalue weighted by atomic mass is 10.1. The van der Waals surface area contributed by atoms with Crippen LogP contribution in [0.2, 0.25) is 0 Å². The normalized spacial score (nSPS) is 10.9. The highest BCUT2D eigenvalue weighted by molar-refractivity contribution is 7.13. The van der Waals surface area contributed by atoms with Gasteiger partial charge in [-0.05, 0) is 47.8 Å². The van der Waals surface area contributed by atoms with Crippen molar-refractivity contribution < 1.29 is 13.6 Å². The first kappa shape index (κ1) is 19.8. The first-order chi connectivity index (χ1) is 15.6. The molecule has 0 saturated carbocycles. The smallest absolute Gasteiger partial charge is 0.308 e. The Kier molecular flexibility index (Phi) is 5.04. The highest BCUT2D eigenvalue weighted by atomic mass is 32.1. The fraction of sp³-hybridized carbons (Fsp3) is 0. The first-order valence-electron chi connectivity index (χ1n) is 9.47. The van der Waals surface area contributed by atoms with Gasteiger partial charge in [-0.1, -0.05) is 18.2 Å². The number of halogens is 2. The van der Waals surface area contributed by atoms with Gasteiger partial charge in [0, 0.05) is 23.0 Å². The Balaban J connectivity index is 1.39. The number of hydrogen-bond donors (Lipinski definition) is 2. The number of hydrogen-bond acceptors (Lipinski definition) is 5. The molecule has 3 heterocycles. The molecular formula is C22H14F2N6OS. The Labute approximate surface area is 184 Å². The van der Waals surface area contributed by atoms with Crippen LogP contribution in [0.1, 0.15) is 0 Å². The topological polar surface area (TPSA) is 84.2 Å². The van der Waals surface area contributed by atoms with Crippen molar-refractivity contribution in [3.8, 4) is 22.0 Å². The van der Waals surface area contributed by atoms with Gasteiger partial charge in [0.05, 0.1) is 10.6 Å². The summed E-state index contributed by atoms with van der Waals surface area (Å²) < 4.78 is 28.1. The SMILES string of the molecule is O=C(Nc1cccc(-c2ccc3nnc(-c4cccs4)n3n2)c1)Nc1ccc(F)c(F)c1. The third-order valence-electron chi connectivity index (χ3n) is 4.60. The lowest BCUT2D eigenvalue weighted by Gasteiger charge is -2.09. The van der Waals surface area contributed by atoms with E-state index >= 15 is 0 Å². The van der Waals surface area contributed by atoms with Gasteiger partial charge in [0.2, 0.25) is 0 Å². The molecule has 0 saturated heterocycles. The molecule has 2 N–H and O–H groups in total. The van der Waals surface area contributed by atoms with Crippen molar-refractivity contribution in [2.24, 2.45) is 0 Å². The maximum Gasteiger partial charge on any atom is 0.323 e. The van der Waals surface area contributed by atoms with E-state index < -0.39 is 17.7 Å². The number of anilines is 2. The van der Waals surface area contributed by atoms with Gasteiger partial charge >= 0.3 is 6.03 Å². The van der Waals surface area contributed by atoms with E-state index in [0.29, 0.717) is 22.9 Å². The van der Waals surface area contributed by atoms with E-state index in [-0.39, 0.29) is 5.69 Å². The molecule has 10 heteroatoms. The minimum atomic E-state index is -1.04. The van der Waals surface area contributed by atoms with E-state index in [9.17, 15) is 13.6 Å². The molecule has 158 valence electrons. The van der Waals surface area contributed by atoms with Gasteiger partial charge in [0.25, 0.3) is 0 Å². The summed E-state index contributed by atoms with van der Waals surface area (Å²) in [5.74, 6) is -1.37. The molecule has 0 spiro atoms. The number of urea groups is 1. The van der Waals surface area contributed by atoms with Gasteiger partial charge < -0.3 is 10.6 Å². The molecule has 0 bridgehead atoms. The van der Waals surface area contributed by atoms with Gasteiger partial charge in [-0.2, -0.15) is 9.61 Å². The summed E-state index contributed by atoms with van der Waals surface area (Å²) >= 11 is 1.55. The average Bonchev–Trinajstić information content (AvgIpc) is 3.45. The van der Waals surface area contributed by atoms with Crippen LogP contribution < -0.4 is 10.6 Å². The fourth-order valence-electron chi connectivity index (χ4n) is 3.13. The summed E-state index contributed by atoms with van der Waals surface area (Å²) in [6.07, 6.45) is 0. The largest absolute Gasteiger partial charge is 0.323 e. The van der Waals surface area contributed by atoms with E-state index in [1.54, 1.807) is 34.1 Å². The molecule has 0 unspecified atom stereocenters. The number of nitrogens with zero attached hydrogens (tertiary/aromatic N) is 4. The van der Waals surface area contributed by atoms with Crippen LogP contribution in [-0.2, 0) is 0 Å². The molecule has 0 aliphatic heterocycles. The summed E-state index contributed by atoms with van der Waals surface area (Å²) in [4.78, 5) is 13.2. The van der Waals surface area contributed by atoms with Crippen LogP contribution >= 0.6 is 11.3 Å². The standard InChI is InChI=1S/C22H14F2N6OS/c23-16-7-6-15(12-17(16)24)26-22(31)25-14-4-1-3-13(11-14)18-8-9-20-27-28-21(30(20)29-18)19-5-2-10-32-19/h1-12H,(H2,25,26,31). The lowest BCUT2D eigenvalue weighted by molar-refractivity contribution is 0.262. The number of benzene rings is 2. The second-order valence-corrected chi connectivity index (χ2v) is 7.73. The minimum absolute atomic E-state index is 0.137. The molecule has 3 aromatic heterocycles. The van der Waals surface area contributed by atoms with Crippen LogP contribution in [0.25, 0.3) is 27.6 Å². The third kappa shape index (κ3) is 3.91. The Hall–Kier alpha value is -4.18. The Morgan fingerprint density at radius 1 is 0.875 bits per heavy atom. The number of amides is 2. The quantitative estimate of drug-likeness (QED) is 0.383. The van der Waals surface area contributed by atoms with Crippen molar-refractivity contribution in [3.63, 3.8) is 0 Å². The van der Waals surface area contributed by atoms with Crippen LogP contribution in [0.15, 0.2) is 72.1 Å². The van der Waals surface area contributed by atoms with Gasteiger partial charge in [0.1, 0.15) is 0 Å². The second-order valence-electron chi connectivity index (χ2n) is 6.78. The Morgan fingerprint density at radius 2 is 1.72 bits per heavy atom. The van der Waals surface area contributed by atoms with Crippen LogP contribution in [0, 0.1) is 11.6 Å². The van der Waals surface area contributed by atoms with Crippen LogP contribution in [0.4, 0.5) is 25.0 Å². The van der Waals surface area contributed by atoms with Crippen molar-refractivity contribution in [1.82, 2.24) is 19.8 Å². The summed E-state index contributed by atoms with van der Waals surface area (Å²) in [7, 11) is 0. The second kappa shape index (κ2) is 8.16. The number of nitrogens with one attached hydrogen (secondary N) is 2. The zero-order chi connectivity index (χ0) is 22.1. The van der Waals surface area contributed by atoms with E-state index in [4.69, 9.17) is 0 Å². The van der Waals surface area contributed by atoms with E-state index in [1.807, 2.05) is 35.7 Å². The molecule has 7 nitrogen and oxygen atoms in total. The van der Waals surface area contributed by atoms with Gasteiger partial charge in [-0.25, -0.2) is 13.6 Å². The predicted octanol–water partition coefficient (Wildman–Crippen LogP) is 5.44. The van der Waals surface area contributed by atoms with Crippen molar-refractivity contribution >= 4 is 34.4 Å². The first-order valence-corrected chi connectivity index (χ1v) is 10.3. The molecular weight excluding hydrogens is 434 g/mol. The number of fused-ring (bicyclic) bond motifs is 1. The minimum Gasteiger partial charge on any atom is -0.308 e.